The minimum Gasteiger partial charge on any atom is -0.478 e. The van der Waals surface area contributed by atoms with Crippen LogP contribution < -0.4 is 5.32 Å². The number of rotatable bonds is 7. The average molecular weight is 252 g/mol. The zero-order valence-corrected chi connectivity index (χ0v) is 10.2. The Bertz CT molecular complexity index is 420. The van der Waals surface area contributed by atoms with Crippen molar-refractivity contribution in [3.8, 4) is 0 Å². The zero-order chi connectivity index (χ0) is 13.4. The molecule has 1 aromatic rings. The van der Waals surface area contributed by atoms with E-state index in [1.165, 1.54) is 12.3 Å². The first kappa shape index (κ1) is 14.1. The highest BCUT2D eigenvalue weighted by molar-refractivity contribution is 6.04. The van der Waals surface area contributed by atoms with E-state index in [1.54, 1.807) is 0 Å². The van der Waals surface area contributed by atoms with Crippen LogP contribution in [-0.2, 0) is 4.74 Å². The molecule has 6 nitrogen and oxygen atoms in total. The first-order valence-corrected chi connectivity index (χ1v) is 5.70. The molecule has 0 unspecified atom stereocenters. The van der Waals surface area contributed by atoms with Gasteiger partial charge in [-0.1, -0.05) is 0 Å². The number of carboxylic acid groups (broad SMARTS) is 1. The third-order valence-corrected chi connectivity index (χ3v) is 2.25. The second-order valence-corrected chi connectivity index (χ2v) is 3.53. The van der Waals surface area contributed by atoms with E-state index in [9.17, 15) is 9.59 Å². The van der Waals surface area contributed by atoms with Crippen molar-refractivity contribution in [2.24, 2.45) is 0 Å². The molecule has 1 heterocycles. The topological polar surface area (TPSA) is 88.5 Å². The van der Waals surface area contributed by atoms with Crippen LogP contribution in [0.4, 0.5) is 0 Å². The summed E-state index contributed by atoms with van der Waals surface area (Å²) in [7, 11) is 0. The van der Waals surface area contributed by atoms with Gasteiger partial charge in [0.2, 0.25) is 0 Å². The highest BCUT2D eigenvalue weighted by Crippen LogP contribution is 2.06. The van der Waals surface area contributed by atoms with Crippen molar-refractivity contribution in [3.05, 3.63) is 29.6 Å². The molecule has 0 aliphatic carbocycles. The van der Waals surface area contributed by atoms with E-state index in [2.05, 4.69) is 10.3 Å². The molecule has 6 heteroatoms. The zero-order valence-electron chi connectivity index (χ0n) is 10.2. The maximum Gasteiger partial charge on any atom is 0.338 e. The van der Waals surface area contributed by atoms with Gasteiger partial charge in [0.25, 0.3) is 5.91 Å². The molecule has 0 saturated carbocycles. The Hall–Kier alpha value is -1.95. The predicted octanol–water partition coefficient (Wildman–Crippen LogP) is 0.936. The van der Waals surface area contributed by atoms with Crippen LogP contribution in [-0.4, -0.2) is 41.7 Å². The molecule has 0 saturated heterocycles. The highest BCUT2D eigenvalue weighted by Gasteiger charge is 2.15. The number of carbonyl (C=O) groups is 2. The molecule has 0 aliphatic rings. The minimum absolute atomic E-state index is 0.0974. The molecule has 0 fully saturated rings. The lowest BCUT2D eigenvalue weighted by molar-refractivity contribution is 0.0690. The number of aromatic carboxylic acids is 1. The number of carboxylic acids is 1. The standard InChI is InChI=1S/C12H16N2O4/c1-2-18-7-3-5-14-11(15)9-4-6-13-8-10(9)12(16)17/h4,6,8H,2-3,5,7H2,1H3,(H,14,15)(H,16,17). The number of aromatic nitrogens is 1. The maximum absolute atomic E-state index is 11.8. The summed E-state index contributed by atoms with van der Waals surface area (Å²) in [5.74, 6) is -1.58. The molecule has 0 atom stereocenters. The van der Waals surface area contributed by atoms with E-state index in [-0.39, 0.29) is 11.1 Å². The number of pyridine rings is 1. The van der Waals surface area contributed by atoms with Gasteiger partial charge in [-0.15, -0.1) is 0 Å². The number of carbonyl (C=O) groups excluding carboxylic acids is 1. The summed E-state index contributed by atoms with van der Waals surface area (Å²) in [5.41, 5.74) is 0.0220. The van der Waals surface area contributed by atoms with Gasteiger partial charge in [-0.2, -0.15) is 0 Å². The molecule has 2 N–H and O–H groups in total. The minimum atomic E-state index is -1.16. The molecule has 1 amide bonds. The van der Waals surface area contributed by atoms with Gasteiger partial charge in [-0.05, 0) is 19.4 Å². The lowest BCUT2D eigenvalue weighted by atomic mass is 10.1. The molecule has 0 aliphatic heterocycles. The van der Waals surface area contributed by atoms with Gasteiger partial charge in [0, 0.05) is 32.2 Å². The summed E-state index contributed by atoms with van der Waals surface area (Å²) in [6.45, 7) is 3.55. The fourth-order valence-corrected chi connectivity index (χ4v) is 1.38. The van der Waals surface area contributed by atoms with Gasteiger partial charge in [0.15, 0.2) is 0 Å². The Morgan fingerprint density at radius 3 is 2.89 bits per heavy atom. The van der Waals surface area contributed by atoms with Gasteiger partial charge in [0.1, 0.15) is 0 Å². The van der Waals surface area contributed by atoms with Crippen LogP contribution in [0.25, 0.3) is 0 Å². The molecule has 0 spiro atoms. The van der Waals surface area contributed by atoms with Gasteiger partial charge < -0.3 is 15.2 Å². The fourth-order valence-electron chi connectivity index (χ4n) is 1.38. The summed E-state index contributed by atoms with van der Waals surface area (Å²) in [4.78, 5) is 26.3. The summed E-state index contributed by atoms with van der Waals surface area (Å²) < 4.78 is 5.13. The van der Waals surface area contributed by atoms with Crippen LogP contribution in [0.2, 0.25) is 0 Å². The first-order valence-electron chi connectivity index (χ1n) is 5.70. The molecule has 1 aromatic heterocycles. The third-order valence-electron chi connectivity index (χ3n) is 2.25. The molecular weight excluding hydrogens is 236 g/mol. The van der Waals surface area contributed by atoms with Crippen LogP contribution >= 0.6 is 0 Å². The quantitative estimate of drug-likeness (QED) is 0.705. The Balaban J connectivity index is 2.54. The predicted molar refractivity (Wildman–Crippen MR) is 64.6 cm³/mol. The van der Waals surface area contributed by atoms with E-state index >= 15 is 0 Å². The van der Waals surface area contributed by atoms with E-state index in [0.29, 0.717) is 26.2 Å². The lowest BCUT2D eigenvalue weighted by Gasteiger charge is -2.07. The van der Waals surface area contributed by atoms with Crippen molar-refractivity contribution in [2.45, 2.75) is 13.3 Å². The maximum atomic E-state index is 11.8. The molecule has 18 heavy (non-hydrogen) atoms. The Morgan fingerprint density at radius 2 is 2.22 bits per heavy atom. The summed E-state index contributed by atoms with van der Waals surface area (Å²) in [6, 6.07) is 1.39. The highest BCUT2D eigenvalue weighted by atomic mass is 16.5. The summed E-state index contributed by atoms with van der Waals surface area (Å²) in [6.07, 6.45) is 3.24. The van der Waals surface area contributed by atoms with Crippen molar-refractivity contribution in [1.29, 1.82) is 0 Å². The third kappa shape index (κ3) is 4.14. The van der Waals surface area contributed by atoms with E-state index in [1.807, 2.05) is 6.92 Å². The Kier molecular flexibility index (Phi) is 5.79. The number of hydrogen-bond donors (Lipinski definition) is 2. The average Bonchev–Trinajstić information content (AvgIpc) is 2.38. The number of nitrogens with one attached hydrogen (secondary N) is 1. The first-order chi connectivity index (χ1) is 8.66. The molecule has 0 bridgehead atoms. The van der Waals surface area contributed by atoms with Gasteiger partial charge in [-0.25, -0.2) is 4.79 Å². The van der Waals surface area contributed by atoms with Crippen LogP contribution in [0.3, 0.4) is 0 Å². The second kappa shape index (κ2) is 7.39. The SMILES string of the molecule is CCOCCCNC(=O)c1ccncc1C(=O)O. The molecular formula is C12H16N2O4. The van der Waals surface area contributed by atoms with Gasteiger partial charge in [0.05, 0.1) is 11.1 Å². The largest absolute Gasteiger partial charge is 0.478 e. The molecule has 1 rings (SSSR count). The molecule has 98 valence electrons. The van der Waals surface area contributed by atoms with Crippen LogP contribution in [0.15, 0.2) is 18.5 Å². The van der Waals surface area contributed by atoms with E-state index in [0.717, 1.165) is 6.20 Å². The molecule has 0 aromatic carbocycles. The van der Waals surface area contributed by atoms with Crippen molar-refractivity contribution >= 4 is 11.9 Å². The van der Waals surface area contributed by atoms with Crippen molar-refractivity contribution < 1.29 is 19.4 Å². The second-order valence-electron chi connectivity index (χ2n) is 3.53. The number of ether oxygens (including phenoxy) is 1. The van der Waals surface area contributed by atoms with Crippen LogP contribution in [0.1, 0.15) is 34.1 Å². The molecule has 0 radical (unpaired) electrons. The summed E-state index contributed by atoms with van der Waals surface area (Å²) in [5, 5.41) is 11.6. The number of amides is 1. The Labute approximate surface area is 105 Å². The normalized spacial score (nSPS) is 10.1. The van der Waals surface area contributed by atoms with Crippen molar-refractivity contribution in [1.82, 2.24) is 10.3 Å². The number of hydrogen-bond acceptors (Lipinski definition) is 4. The van der Waals surface area contributed by atoms with Crippen LogP contribution in [0, 0.1) is 0 Å². The number of nitrogens with zero attached hydrogens (tertiary/aromatic N) is 1. The van der Waals surface area contributed by atoms with E-state index < -0.39 is 11.9 Å². The van der Waals surface area contributed by atoms with Gasteiger partial charge in [-0.3, -0.25) is 9.78 Å². The fraction of sp³-hybridized carbons (Fsp3) is 0.417. The van der Waals surface area contributed by atoms with Crippen molar-refractivity contribution in [3.63, 3.8) is 0 Å². The summed E-state index contributed by atoms with van der Waals surface area (Å²) >= 11 is 0. The van der Waals surface area contributed by atoms with Crippen molar-refractivity contribution in [2.75, 3.05) is 19.8 Å². The monoisotopic (exact) mass is 252 g/mol. The van der Waals surface area contributed by atoms with E-state index in [4.69, 9.17) is 9.84 Å². The van der Waals surface area contributed by atoms with Gasteiger partial charge >= 0.3 is 5.97 Å². The lowest BCUT2D eigenvalue weighted by Crippen LogP contribution is -2.27. The smallest absolute Gasteiger partial charge is 0.338 e. The van der Waals surface area contributed by atoms with Crippen LogP contribution in [0.5, 0.6) is 0 Å². The Morgan fingerprint density at radius 1 is 1.44 bits per heavy atom.